The molecule has 1 aliphatic carbocycles. The second-order valence-electron chi connectivity index (χ2n) is 4.14. The Bertz CT molecular complexity index is 175. The molecule has 1 rings (SSSR count). The summed E-state index contributed by atoms with van der Waals surface area (Å²) in [6, 6.07) is 0. The Hall–Kier alpha value is -0.370. The van der Waals surface area contributed by atoms with Crippen molar-refractivity contribution in [3.63, 3.8) is 0 Å². The number of rotatable bonds is 3. The summed E-state index contributed by atoms with van der Waals surface area (Å²) in [5.74, 6) is 0.723. The summed E-state index contributed by atoms with van der Waals surface area (Å²) in [5, 5.41) is 9.24. The molecule has 1 saturated carbocycles. The molecule has 0 spiro atoms. The van der Waals surface area contributed by atoms with Crippen LogP contribution >= 0.6 is 0 Å². The van der Waals surface area contributed by atoms with Crippen LogP contribution in [-0.2, 0) is 4.79 Å². The highest BCUT2D eigenvalue weighted by Gasteiger charge is 2.31. The van der Waals surface area contributed by atoms with Crippen LogP contribution in [0.15, 0.2) is 0 Å². The molecule has 3 unspecified atom stereocenters. The maximum atomic E-state index is 11.6. The van der Waals surface area contributed by atoms with Crippen LogP contribution in [0.4, 0.5) is 0 Å². The van der Waals surface area contributed by atoms with Crippen molar-refractivity contribution in [1.29, 1.82) is 0 Å². The lowest BCUT2D eigenvalue weighted by molar-refractivity contribution is -0.133. The molecular weight excluding hydrogens is 164 g/mol. The van der Waals surface area contributed by atoms with Crippen LogP contribution in [-0.4, -0.2) is 17.0 Å². The quantitative estimate of drug-likeness (QED) is 0.729. The third-order valence-electron chi connectivity index (χ3n) is 3.21. The third-order valence-corrected chi connectivity index (χ3v) is 3.21. The zero-order valence-corrected chi connectivity index (χ0v) is 8.62. The Morgan fingerprint density at radius 3 is 2.62 bits per heavy atom. The SMILES string of the molecule is CCC1CCCCC1C(=O)C(C)O. The predicted molar refractivity (Wildman–Crippen MR) is 52.4 cm³/mol. The Morgan fingerprint density at radius 1 is 1.46 bits per heavy atom. The van der Waals surface area contributed by atoms with Crippen molar-refractivity contribution < 1.29 is 9.90 Å². The normalized spacial score (nSPS) is 31.3. The first-order valence-electron chi connectivity index (χ1n) is 5.38. The minimum Gasteiger partial charge on any atom is -0.386 e. The largest absolute Gasteiger partial charge is 0.386 e. The van der Waals surface area contributed by atoms with E-state index in [9.17, 15) is 9.90 Å². The second kappa shape index (κ2) is 4.75. The zero-order valence-electron chi connectivity index (χ0n) is 8.62. The first kappa shape index (κ1) is 10.7. The van der Waals surface area contributed by atoms with Crippen LogP contribution in [0.3, 0.4) is 0 Å². The second-order valence-corrected chi connectivity index (χ2v) is 4.14. The lowest BCUT2D eigenvalue weighted by Gasteiger charge is -2.30. The van der Waals surface area contributed by atoms with Gasteiger partial charge in [0, 0.05) is 5.92 Å². The van der Waals surface area contributed by atoms with Crippen molar-refractivity contribution in [3.8, 4) is 0 Å². The molecule has 13 heavy (non-hydrogen) atoms. The average molecular weight is 184 g/mol. The standard InChI is InChI=1S/C11H20O2/c1-3-9-6-4-5-7-10(9)11(13)8(2)12/h8-10,12H,3-7H2,1-2H3. The number of aliphatic hydroxyl groups is 1. The van der Waals surface area contributed by atoms with Gasteiger partial charge in [0.2, 0.25) is 0 Å². The summed E-state index contributed by atoms with van der Waals surface area (Å²) in [4.78, 5) is 11.6. The molecule has 2 nitrogen and oxygen atoms in total. The molecule has 0 aromatic heterocycles. The van der Waals surface area contributed by atoms with Crippen molar-refractivity contribution in [3.05, 3.63) is 0 Å². The number of carbonyl (C=O) groups is 1. The number of aliphatic hydroxyl groups excluding tert-OH is 1. The van der Waals surface area contributed by atoms with Crippen molar-refractivity contribution in [2.75, 3.05) is 0 Å². The average Bonchev–Trinajstić information content (AvgIpc) is 2.16. The number of hydrogen-bond acceptors (Lipinski definition) is 2. The first-order chi connectivity index (χ1) is 6.16. The summed E-state index contributed by atoms with van der Waals surface area (Å²) >= 11 is 0. The summed E-state index contributed by atoms with van der Waals surface area (Å²) in [6.45, 7) is 3.72. The lowest BCUT2D eigenvalue weighted by atomic mass is 9.75. The molecule has 1 N–H and O–H groups in total. The van der Waals surface area contributed by atoms with E-state index in [4.69, 9.17) is 0 Å². The van der Waals surface area contributed by atoms with E-state index in [0.717, 1.165) is 19.3 Å². The van der Waals surface area contributed by atoms with Crippen molar-refractivity contribution in [2.45, 2.75) is 52.1 Å². The molecule has 0 bridgehead atoms. The van der Waals surface area contributed by atoms with Crippen LogP contribution in [0.25, 0.3) is 0 Å². The van der Waals surface area contributed by atoms with Gasteiger partial charge in [-0.05, 0) is 25.7 Å². The molecule has 0 amide bonds. The fraction of sp³-hybridized carbons (Fsp3) is 0.909. The fourth-order valence-electron chi connectivity index (χ4n) is 2.38. The minimum absolute atomic E-state index is 0.0616. The maximum absolute atomic E-state index is 11.6. The molecular formula is C11H20O2. The van der Waals surface area contributed by atoms with E-state index in [2.05, 4.69) is 6.92 Å². The molecule has 0 aromatic carbocycles. The highest BCUT2D eigenvalue weighted by Crippen LogP contribution is 2.33. The van der Waals surface area contributed by atoms with Gasteiger partial charge in [-0.1, -0.05) is 26.2 Å². The van der Waals surface area contributed by atoms with Gasteiger partial charge in [0.1, 0.15) is 6.10 Å². The summed E-state index contributed by atoms with van der Waals surface area (Å²) < 4.78 is 0. The topological polar surface area (TPSA) is 37.3 Å². The molecule has 0 heterocycles. The van der Waals surface area contributed by atoms with Crippen LogP contribution in [0, 0.1) is 11.8 Å². The first-order valence-corrected chi connectivity index (χ1v) is 5.38. The number of carbonyl (C=O) groups excluding carboxylic acids is 1. The smallest absolute Gasteiger partial charge is 0.164 e. The monoisotopic (exact) mass is 184 g/mol. The van der Waals surface area contributed by atoms with Gasteiger partial charge in [0.25, 0.3) is 0 Å². The molecule has 0 saturated heterocycles. The van der Waals surface area contributed by atoms with Gasteiger partial charge >= 0.3 is 0 Å². The van der Waals surface area contributed by atoms with Crippen LogP contribution < -0.4 is 0 Å². The van der Waals surface area contributed by atoms with Gasteiger partial charge in [0.05, 0.1) is 0 Å². The highest BCUT2D eigenvalue weighted by molar-refractivity contribution is 5.85. The summed E-state index contributed by atoms with van der Waals surface area (Å²) in [6.07, 6.45) is 4.87. The molecule has 0 aliphatic heterocycles. The van der Waals surface area contributed by atoms with Gasteiger partial charge in [-0.15, -0.1) is 0 Å². The van der Waals surface area contributed by atoms with Gasteiger partial charge in [-0.25, -0.2) is 0 Å². The Kier molecular flexibility index (Phi) is 3.91. The summed E-state index contributed by atoms with van der Waals surface area (Å²) in [5.41, 5.74) is 0. The van der Waals surface area contributed by atoms with E-state index in [1.165, 1.54) is 12.8 Å². The van der Waals surface area contributed by atoms with Crippen molar-refractivity contribution in [2.24, 2.45) is 11.8 Å². The fourth-order valence-corrected chi connectivity index (χ4v) is 2.38. The van der Waals surface area contributed by atoms with E-state index in [1.54, 1.807) is 6.92 Å². The van der Waals surface area contributed by atoms with Gasteiger partial charge in [-0.2, -0.15) is 0 Å². The third kappa shape index (κ3) is 2.53. The van der Waals surface area contributed by atoms with Crippen LogP contribution in [0.2, 0.25) is 0 Å². The minimum atomic E-state index is -0.767. The Morgan fingerprint density at radius 2 is 2.08 bits per heavy atom. The van der Waals surface area contributed by atoms with Gasteiger partial charge in [-0.3, -0.25) is 4.79 Å². The van der Waals surface area contributed by atoms with E-state index in [1.807, 2.05) is 0 Å². The maximum Gasteiger partial charge on any atom is 0.164 e. The molecule has 0 aromatic rings. The molecule has 1 fully saturated rings. The van der Waals surface area contributed by atoms with E-state index in [0.29, 0.717) is 5.92 Å². The molecule has 0 radical (unpaired) electrons. The Labute approximate surface area is 80.3 Å². The lowest BCUT2D eigenvalue weighted by Crippen LogP contribution is -2.33. The molecule has 2 heteroatoms. The highest BCUT2D eigenvalue weighted by atomic mass is 16.3. The van der Waals surface area contributed by atoms with E-state index in [-0.39, 0.29) is 11.7 Å². The van der Waals surface area contributed by atoms with Gasteiger partial charge in [0.15, 0.2) is 5.78 Å². The van der Waals surface area contributed by atoms with E-state index >= 15 is 0 Å². The van der Waals surface area contributed by atoms with Gasteiger partial charge < -0.3 is 5.11 Å². The molecule has 3 atom stereocenters. The van der Waals surface area contributed by atoms with E-state index < -0.39 is 6.10 Å². The molecule has 76 valence electrons. The Balaban J connectivity index is 2.58. The number of Topliss-reactive ketones (excluding diaryl/α,β-unsaturated/α-hetero) is 1. The van der Waals surface area contributed by atoms with Crippen LogP contribution in [0.5, 0.6) is 0 Å². The van der Waals surface area contributed by atoms with Crippen molar-refractivity contribution in [1.82, 2.24) is 0 Å². The summed E-state index contributed by atoms with van der Waals surface area (Å²) in [7, 11) is 0. The van der Waals surface area contributed by atoms with Crippen LogP contribution in [0.1, 0.15) is 46.0 Å². The number of ketones is 1. The zero-order chi connectivity index (χ0) is 9.84. The molecule has 1 aliphatic rings. The van der Waals surface area contributed by atoms with Crippen molar-refractivity contribution >= 4 is 5.78 Å². The predicted octanol–water partition coefficient (Wildman–Crippen LogP) is 2.15. The number of hydrogen-bond donors (Lipinski definition) is 1.